The summed E-state index contributed by atoms with van der Waals surface area (Å²) >= 11 is 0. The molecule has 0 aliphatic rings. The number of hydrogen-bond donors (Lipinski definition) is 1. The quantitative estimate of drug-likeness (QED) is 0.878. The second kappa shape index (κ2) is 6.39. The van der Waals surface area contributed by atoms with Gasteiger partial charge >= 0.3 is 0 Å². The summed E-state index contributed by atoms with van der Waals surface area (Å²) in [6, 6.07) is 10.5. The molecule has 0 bridgehead atoms. The summed E-state index contributed by atoms with van der Waals surface area (Å²) in [5.74, 6) is 0. The lowest BCUT2D eigenvalue weighted by Crippen LogP contribution is -2.38. The second-order valence-electron chi connectivity index (χ2n) is 6.37. The zero-order valence-electron chi connectivity index (χ0n) is 13.7. The first-order valence-corrected chi connectivity index (χ1v) is 7.69. The molecule has 21 heavy (non-hydrogen) atoms. The Balaban J connectivity index is 2.31. The molecule has 0 saturated carbocycles. The molecule has 0 amide bonds. The third-order valence-electron chi connectivity index (χ3n) is 3.83. The van der Waals surface area contributed by atoms with Gasteiger partial charge in [-0.05, 0) is 34.1 Å². The van der Waals surface area contributed by atoms with E-state index in [1.165, 1.54) is 0 Å². The smallest absolute Gasteiger partial charge is 0.117 e. The first-order chi connectivity index (χ1) is 9.93. The van der Waals surface area contributed by atoms with Crippen molar-refractivity contribution in [1.29, 1.82) is 0 Å². The molecule has 0 radical (unpaired) electrons. The van der Waals surface area contributed by atoms with Crippen molar-refractivity contribution in [2.24, 2.45) is 0 Å². The number of aromatic nitrogens is 3. The van der Waals surface area contributed by atoms with Gasteiger partial charge in [-0.1, -0.05) is 37.3 Å². The van der Waals surface area contributed by atoms with Gasteiger partial charge in [0.2, 0.25) is 0 Å². The molecular formula is C17H26N4. The molecule has 1 aromatic heterocycles. The Kier molecular flexibility index (Phi) is 4.78. The van der Waals surface area contributed by atoms with Crippen LogP contribution in [0.15, 0.2) is 30.3 Å². The Morgan fingerprint density at radius 3 is 2.38 bits per heavy atom. The van der Waals surface area contributed by atoms with Crippen molar-refractivity contribution in [3.8, 4) is 11.3 Å². The second-order valence-corrected chi connectivity index (χ2v) is 6.37. The average molecular weight is 286 g/mol. The summed E-state index contributed by atoms with van der Waals surface area (Å²) < 4.78 is 0. The average Bonchev–Trinajstić information content (AvgIpc) is 2.91. The van der Waals surface area contributed by atoms with Crippen molar-refractivity contribution in [1.82, 2.24) is 20.3 Å². The molecule has 0 saturated heterocycles. The van der Waals surface area contributed by atoms with Crippen molar-refractivity contribution < 1.29 is 0 Å². The van der Waals surface area contributed by atoms with Crippen LogP contribution < -0.4 is 5.32 Å². The molecule has 0 atom stereocenters. The lowest BCUT2D eigenvalue weighted by Gasteiger charge is -2.24. The van der Waals surface area contributed by atoms with Gasteiger partial charge in [0, 0.05) is 17.6 Å². The fourth-order valence-electron chi connectivity index (χ4n) is 1.97. The molecule has 1 N–H and O–H groups in total. The summed E-state index contributed by atoms with van der Waals surface area (Å²) in [4.78, 5) is 1.80. The Morgan fingerprint density at radius 2 is 1.81 bits per heavy atom. The Hall–Kier alpha value is -1.68. The third kappa shape index (κ3) is 3.91. The molecule has 0 aliphatic heterocycles. The number of benzene rings is 1. The highest BCUT2D eigenvalue weighted by Crippen LogP contribution is 2.22. The van der Waals surface area contributed by atoms with Gasteiger partial charge in [0.05, 0.1) is 6.04 Å². The van der Waals surface area contributed by atoms with Crippen LogP contribution in [0.4, 0.5) is 0 Å². The van der Waals surface area contributed by atoms with E-state index in [1.807, 2.05) is 18.2 Å². The predicted octanol–water partition coefficient (Wildman–Crippen LogP) is 3.80. The third-order valence-corrected chi connectivity index (χ3v) is 3.83. The number of nitrogens with one attached hydrogen (secondary N) is 1. The minimum Gasteiger partial charge on any atom is -0.306 e. The molecule has 0 fully saturated rings. The van der Waals surface area contributed by atoms with Gasteiger partial charge in [-0.3, -0.25) is 0 Å². The van der Waals surface area contributed by atoms with E-state index in [0.717, 1.165) is 29.9 Å². The summed E-state index contributed by atoms with van der Waals surface area (Å²) in [7, 11) is 0. The van der Waals surface area contributed by atoms with E-state index in [-0.39, 0.29) is 11.6 Å². The summed E-state index contributed by atoms with van der Waals surface area (Å²) in [5, 5.41) is 12.9. The molecule has 0 spiro atoms. The first kappa shape index (κ1) is 15.7. The summed E-state index contributed by atoms with van der Waals surface area (Å²) in [5.41, 5.74) is 3.21. The van der Waals surface area contributed by atoms with E-state index in [9.17, 15) is 0 Å². The molecular weight excluding hydrogens is 260 g/mol. The maximum absolute atomic E-state index is 4.67. The van der Waals surface area contributed by atoms with Crippen LogP contribution in [0.5, 0.6) is 0 Å². The van der Waals surface area contributed by atoms with Crippen LogP contribution in [0, 0.1) is 0 Å². The van der Waals surface area contributed by atoms with Crippen molar-refractivity contribution in [2.75, 3.05) is 0 Å². The van der Waals surface area contributed by atoms with Crippen LogP contribution in [0.3, 0.4) is 0 Å². The zero-order valence-corrected chi connectivity index (χ0v) is 13.7. The molecule has 114 valence electrons. The number of nitrogens with zero attached hydrogens (tertiary/aromatic N) is 3. The maximum Gasteiger partial charge on any atom is 0.117 e. The van der Waals surface area contributed by atoms with E-state index in [1.54, 1.807) is 4.80 Å². The van der Waals surface area contributed by atoms with Gasteiger partial charge in [-0.15, -0.1) is 0 Å². The molecule has 2 aromatic rings. The van der Waals surface area contributed by atoms with Gasteiger partial charge in [0.15, 0.2) is 0 Å². The van der Waals surface area contributed by atoms with Gasteiger partial charge in [0.25, 0.3) is 0 Å². The van der Waals surface area contributed by atoms with Gasteiger partial charge in [-0.2, -0.15) is 15.0 Å². The van der Waals surface area contributed by atoms with Crippen LogP contribution in [-0.4, -0.2) is 20.5 Å². The molecule has 4 nitrogen and oxygen atoms in total. The molecule has 4 heteroatoms. The zero-order chi connectivity index (χ0) is 15.5. The minimum atomic E-state index is 0.107. The topological polar surface area (TPSA) is 42.7 Å². The minimum absolute atomic E-state index is 0.107. The van der Waals surface area contributed by atoms with E-state index in [2.05, 4.69) is 62.3 Å². The number of hydrogen-bond acceptors (Lipinski definition) is 3. The van der Waals surface area contributed by atoms with E-state index >= 15 is 0 Å². The highest BCUT2D eigenvalue weighted by molar-refractivity contribution is 5.60. The first-order valence-electron chi connectivity index (χ1n) is 7.69. The lowest BCUT2D eigenvalue weighted by molar-refractivity contribution is 0.370. The van der Waals surface area contributed by atoms with Gasteiger partial charge in [-0.25, -0.2) is 0 Å². The maximum atomic E-state index is 4.67. The molecule has 2 rings (SSSR count). The Morgan fingerprint density at radius 1 is 1.14 bits per heavy atom. The molecule has 0 aliphatic carbocycles. The number of rotatable bonds is 6. The van der Waals surface area contributed by atoms with Crippen LogP contribution in [0.1, 0.15) is 52.8 Å². The van der Waals surface area contributed by atoms with E-state index in [4.69, 9.17) is 0 Å². The molecule has 1 heterocycles. The largest absolute Gasteiger partial charge is 0.306 e. The molecule has 1 aromatic carbocycles. The van der Waals surface area contributed by atoms with Crippen molar-refractivity contribution in [2.45, 2.75) is 59.2 Å². The van der Waals surface area contributed by atoms with Crippen LogP contribution in [0.25, 0.3) is 11.3 Å². The molecule has 0 unspecified atom stereocenters. The summed E-state index contributed by atoms with van der Waals surface area (Å²) in [6.45, 7) is 11.5. The Bertz CT molecular complexity index is 570. The lowest BCUT2D eigenvalue weighted by atomic mass is 10.0. The fourth-order valence-corrected chi connectivity index (χ4v) is 1.97. The monoisotopic (exact) mass is 286 g/mol. The predicted molar refractivity (Wildman–Crippen MR) is 87.1 cm³/mol. The van der Waals surface area contributed by atoms with Crippen molar-refractivity contribution >= 4 is 0 Å². The van der Waals surface area contributed by atoms with Gasteiger partial charge in [0.1, 0.15) is 11.4 Å². The fraction of sp³-hybridized carbons (Fsp3) is 0.529. The van der Waals surface area contributed by atoms with E-state index < -0.39 is 0 Å². The summed E-state index contributed by atoms with van der Waals surface area (Å²) in [6.07, 6.45) is 1.08. The Labute approximate surface area is 127 Å². The van der Waals surface area contributed by atoms with Crippen LogP contribution in [-0.2, 0) is 6.54 Å². The highest BCUT2D eigenvalue weighted by atomic mass is 15.5. The van der Waals surface area contributed by atoms with Crippen LogP contribution in [0.2, 0.25) is 0 Å². The van der Waals surface area contributed by atoms with E-state index in [0.29, 0.717) is 0 Å². The van der Waals surface area contributed by atoms with Crippen LogP contribution >= 0.6 is 0 Å². The standard InChI is InChI=1S/C17H26N4/c1-6-17(4,5)18-12-15-16(14-10-8-7-9-11-14)20-21(19-15)13(2)3/h7-11,13,18H,6,12H2,1-5H3. The highest BCUT2D eigenvalue weighted by Gasteiger charge is 2.18. The normalized spacial score (nSPS) is 12.1. The van der Waals surface area contributed by atoms with Crippen molar-refractivity contribution in [3.05, 3.63) is 36.0 Å². The van der Waals surface area contributed by atoms with Gasteiger partial charge < -0.3 is 5.32 Å². The SMILES string of the molecule is CCC(C)(C)NCc1nn(C(C)C)nc1-c1ccccc1. The van der Waals surface area contributed by atoms with Crippen molar-refractivity contribution in [3.63, 3.8) is 0 Å².